The van der Waals surface area contributed by atoms with E-state index in [1.165, 1.54) is 44.7 Å². The maximum absolute atomic E-state index is 15.1. The first-order valence-corrected chi connectivity index (χ1v) is 13.4. The highest BCUT2D eigenvalue weighted by Gasteiger charge is 2.18. The molecule has 2 aromatic heterocycles. The van der Waals surface area contributed by atoms with Crippen molar-refractivity contribution in [2.45, 2.75) is 13.0 Å². The van der Waals surface area contributed by atoms with E-state index in [0.717, 1.165) is 29.0 Å². The fourth-order valence-corrected chi connectivity index (χ4v) is 4.43. The molecule has 0 saturated heterocycles. The number of rotatable bonds is 10. The summed E-state index contributed by atoms with van der Waals surface area (Å²) in [6, 6.07) is 13.0. The van der Waals surface area contributed by atoms with Gasteiger partial charge in [0.1, 0.15) is 11.6 Å². The van der Waals surface area contributed by atoms with E-state index in [1.807, 2.05) is 0 Å². The molecule has 0 unspecified atom stereocenters. The van der Waals surface area contributed by atoms with Gasteiger partial charge in [0.25, 0.3) is 0 Å². The first-order chi connectivity index (χ1) is 21.7. The fraction of sp³-hybridized carbons (Fsp3) is 0.161. The number of carbonyl (C=O) groups excluding carboxylic acids is 1. The standard InChI is InChI=1S/C31H26F2N4O8/c1-42-26-15-21-23(16-27(26)43-2)34-11-10-24(21)44-25-9-6-19(14-22(25)33)35-30(40)45-28-17-36(12-3-13-38)31(41)37(29(28)39)20-7-4-18(32)5-8-20/h4-11,14-17,38H,3,12-13H2,1-2H3,(H,35,40). The van der Waals surface area contributed by atoms with Crippen LogP contribution in [0.25, 0.3) is 16.6 Å². The van der Waals surface area contributed by atoms with Crippen LogP contribution in [0.15, 0.2) is 82.6 Å². The van der Waals surface area contributed by atoms with Gasteiger partial charge in [-0.1, -0.05) is 0 Å². The zero-order valence-electron chi connectivity index (χ0n) is 24.0. The summed E-state index contributed by atoms with van der Waals surface area (Å²) in [6.07, 6.45) is 1.53. The lowest BCUT2D eigenvalue weighted by Crippen LogP contribution is -2.39. The molecule has 0 spiro atoms. The summed E-state index contributed by atoms with van der Waals surface area (Å²) in [6.45, 7) is -0.251. The Labute approximate surface area is 253 Å². The number of hydrogen-bond acceptors (Lipinski definition) is 9. The number of hydrogen-bond donors (Lipinski definition) is 2. The number of aryl methyl sites for hydroxylation is 1. The molecule has 0 saturated carbocycles. The summed E-state index contributed by atoms with van der Waals surface area (Å²) in [4.78, 5) is 43.1. The molecule has 5 aromatic rings. The van der Waals surface area contributed by atoms with E-state index in [2.05, 4.69) is 10.3 Å². The Morgan fingerprint density at radius 2 is 1.64 bits per heavy atom. The third-order valence-corrected chi connectivity index (χ3v) is 6.57. The molecule has 0 fully saturated rings. The van der Waals surface area contributed by atoms with Crippen molar-refractivity contribution in [3.8, 4) is 34.4 Å². The number of nitrogens with one attached hydrogen (secondary N) is 1. The Morgan fingerprint density at radius 1 is 0.911 bits per heavy atom. The highest BCUT2D eigenvalue weighted by atomic mass is 19.1. The number of pyridine rings is 1. The van der Waals surface area contributed by atoms with E-state index in [0.29, 0.717) is 27.0 Å². The minimum atomic E-state index is -1.15. The Bertz CT molecular complexity index is 1990. The van der Waals surface area contributed by atoms with Crippen molar-refractivity contribution in [1.82, 2.24) is 14.1 Å². The Morgan fingerprint density at radius 3 is 2.33 bits per heavy atom. The van der Waals surface area contributed by atoms with E-state index in [4.69, 9.17) is 18.9 Å². The minimum Gasteiger partial charge on any atom is -0.493 e. The van der Waals surface area contributed by atoms with Crippen molar-refractivity contribution in [3.63, 3.8) is 0 Å². The van der Waals surface area contributed by atoms with Crippen LogP contribution in [0.4, 0.5) is 19.3 Å². The van der Waals surface area contributed by atoms with Gasteiger partial charge in [0, 0.05) is 42.6 Å². The zero-order chi connectivity index (χ0) is 32.1. The van der Waals surface area contributed by atoms with Gasteiger partial charge in [0.15, 0.2) is 23.1 Å². The summed E-state index contributed by atoms with van der Waals surface area (Å²) < 4.78 is 52.0. The number of nitrogens with zero attached hydrogens (tertiary/aromatic N) is 3. The average molecular weight is 621 g/mol. The number of aliphatic hydroxyl groups is 1. The molecule has 45 heavy (non-hydrogen) atoms. The summed E-state index contributed by atoms with van der Waals surface area (Å²) in [5.74, 6) is -0.933. The largest absolute Gasteiger partial charge is 0.493 e. The molecule has 12 nitrogen and oxygen atoms in total. The van der Waals surface area contributed by atoms with Crippen molar-refractivity contribution < 1.29 is 37.6 Å². The van der Waals surface area contributed by atoms with Gasteiger partial charge in [0.2, 0.25) is 5.75 Å². The molecule has 232 valence electrons. The van der Waals surface area contributed by atoms with Gasteiger partial charge in [-0.15, -0.1) is 0 Å². The maximum Gasteiger partial charge on any atom is 0.417 e. The predicted octanol–water partition coefficient (Wildman–Crippen LogP) is 4.63. The van der Waals surface area contributed by atoms with Crippen molar-refractivity contribution in [1.29, 1.82) is 0 Å². The van der Waals surface area contributed by atoms with Gasteiger partial charge in [-0.05, 0) is 55.0 Å². The average Bonchev–Trinajstić information content (AvgIpc) is 3.03. The lowest BCUT2D eigenvalue weighted by Gasteiger charge is -2.14. The molecule has 2 N–H and O–H groups in total. The molecule has 0 aliphatic rings. The van der Waals surface area contributed by atoms with Crippen molar-refractivity contribution in [2.75, 3.05) is 26.1 Å². The molecule has 0 atom stereocenters. The fourth-order valence-electron chi connectivity index (χ4n) is 4.43. The number of fused-ring (bicyclic) bond motifs is 1. The number of methoxy groups -OCH3 is 2. The van der Waals surface area contributed by atoms with E-state index in [9.17, 15) is 23.9 Å². The van der Waals surface area contributed by atoms with Crippen LogP contribution < -0.4 is 35.5 Å². The van der Waals surface area contributed by atoms with Crippen molar-refractivity contribution in [3.05, 3.63) is 106 Å². The van der Waals surface area contributed by atoms with E-state index in [1.54, 1.807) is 18.2 Å². The number of aliphatic hydroxyl groups excluding tert-OH is 1. The van der Waals surface area contributed by atoms with Gasteiger partial charge in [-0.3, -0.25) is 19.7 Å². The maximum atomic E-state index is 15.1. The molecule has 3 aromatic carbocycles. The second-order valence-corrected chi connectivity index (χ2v) is 9.46. The normalized spacial score (nSPS) is 10.9. The third kappa shape index (κ3) is 6.60. The molecule has 2 heterocycles. The predicted molar refractivity (Wildman–Crippen MR) is 159 cm³/mol. The smallest absolute Gasteiger partial charge is 0.417 e. The first-order valence-electron chi connectivity index (χ1n) is 13.4. The van der Waals surface area contributed by atoms with Crippen LogP contribution >= 0.6 is 0 Å². The molecule has 0 aliphatic heterocycles. The van der Waals surface area contributed by atoms with E-state index in [-0.39, 0.29) is 42.4 Å². The molecule has 1 amide bonds. The molecule has 0 bridgehead atoms. The minimum absolute atomic E-state index is 0.00541. The van der Waals surface area contributed by atoms with Crippen molar-refractivity contribution >= 4 is 22.7 Å². The van der Waals surface area contributed by atoms with Crippen LogP contribution in [0.1, 0.15) is 6.42 Å². The number of ether oxygens (including phenoxy) is 4. The number of amides is 1. The summed E-state index contributed by atoms with van der Waals surface area (Å²) in [5.41, 5.74) is -1.25. The number of carbonyl (C=O) groups is 1. The van der Waals surface area contributed by atoms with Crippen LogP contribution in [-0.4, -0.2) is 46.1 Å². The number of anilines is 1. The van der Waals surface area contributed by atoms with Crippen LogP contribution in [-0.2, 0) is 6.54 Å². The van der Waals surface area contributed by atoms with Gasteiger partial charge in [-0.2, -0.15) is 0 Å². The second kappa shape index (κ2) is 13.3. The van der Waals surface area contributed by atoms with Gasteiger partial charge < -0.3 is 24.1 Å². The Balaban J connectivity index is 1.37. The van der Waals surface area contributed by atoms with Crippen LogP contribution in [0.5, 0.6) is 28.7 Å². The first kappa shape index (κ1) is 30.7. The van der Waals surface area contributed by atoms with Crippen LogP contribution in [0, 0.1) is 11.6 Å². The lowest BCUT2D eigenvalue weighted by molar-refractivity contribution is 0.213. The Kier molecular flexibility index (Phi) is 9.04. The topological polar surface area (TPSA) is 143 Å². The monoisotopic (exact) mass is 620 g/mol. The van der Waals surface area contributed by atoms with Crippen LogP contribution in [0.2, 0.25) is 0 Å². The van der Waals surface area contributed by atoms with Gasteiger partial charge in [-0.25, -0.2) is 22.9 Å². The lowest BCUT2D eigenvalue weighted by atomic mass is 10.2. The second-order valence-electron chi connectivity index (χ2n) is 9.46. The highest BCUT2D eigenvalue weighted by molar-refractivity contribution is 5.88. The van der Waals surface area contributed by atoms with Crippen molar-refractivity contribution in [2.24, 2.45) is 0 Å². The van der Waals surface area contributed by atoms with Gasteiger partial charge >= 0.3 is 17.3 Å². The summed E-state index contributed by atoms with van der Waals surface area (Å²) in [5, 5.41) is 12.1. The third-order valence-electron chi connectivity index (χ3n) is 6.57. The molecule has 0 aliphatic carbocycles. The SMILES string of the molecule is COc1cc2nccc(Oc3ccc(NC(=O)Oc4cn(CCCO)c(=O)n(-c5ccc(F)cc5)c4=O)cc3F)c2cc1OC. The Hall–Kier alpha value is -5.76. The highest BCUT2D eigenvalue weighted by Crippen LogP contribution is 2.37. The summed E-state index contributed by atoms with van der Waals surface area (Å²) in [7, 11) is 2.97. The summed E-state index contributed by atoms with van der Waals surface area (Å²) >= 11 is 0. The van der Waals surface area contributed by atoms with E-state index >= 15 is 4.39 Å². The van der Waals surface area contributed by atoms with E-state index < -0.39 is 34.7 Å². The molecular weight excluding hydrogens is 594 g/mol. The molecule has 14 heteroatoms. The zero-order valence-corrected chi connectivity index (χ0v) is 24.0. The number of aromatic nitrogens is 3. The van der Waals surface area contributed by atoms with Gasteiger partial charge in [0.05, 0.1) is 31.6 Å². The molecule has 0 radical (unpaired) electrons. The number of benzene rings is 3. The quantitative estimate of drug-likeness (QED) is 0.229. The number of halogens is 2. The molecular formula is C31H26F2N4O8. The van der Waals surface area contributed by atoms with Crippen LogP contribution in [0.3, 0.4) is 0 Å². The molecule has 5 rings (SSSR count).